The van der Waals surface area contributed by atoms with E-state index in [2.05, 4.69) is 18.7 Å². The van der Waals surface area contributed by atoms with Crippen molar-refractivity contribution in [3.8, 4) is 0 Å². The van der Waals surface area contributed by atoms with Crippen LogP contribution in [0.5, 0.6) is 0 Å². The summed E-state index contributed by atoms with van der Waals surface area (Å²) in [4.78, 5) is 16.7. The molecule has 2 saturated heterocycles. The van der Waals surface area contributed by atoms with Gasteiger partial charge in [-0.2, -0.15) is 4.31 Å². The molecule has 0 spiro atoms. The molecule has 0 saturated carbocycles. The van der Waals surface area contributed by atoms with E-state index in [-0.39, 0.29) is 11.9 Å². The molecular formula is C20H32N3O3S+. The molecule has 0 unspecified atom stereocenters. The summed E-state index contributed by atoms with van der Waals surface area (Å²) in [5.41, 5.74) is 0. The monoisotopic (exact) mass is 394 g/mol. The number of carbonyl (C=O) groups excluding carboxylic acids is 1. The number of hydrogen-bond donors (Lipinski definition) is 1. The number of amides is 1. The molecule has 0 aliphatic carbocycles. The van der Waals surface area contributed by atoms with E-state index >= 15 is 0 Å². The van der Waals surface area contributed by atoms with Gasteiger partial charge in [-0.25, -0.2) is 8.42 Å². The van der Waals surface area contributed by atoms with Gasteiger partial charge in [-0.05, 0) is 52.2 Å². The van der Waals surface area contributed by atoms with Gasteiger partial charge >= 0.3 is 0 Å². The molecule has 2 heterocycles. The molecule has 2 aliphatic rings. The Morgan fingerprint density at radius 2 is 1.63 bits per heavy atom. The van der Waals surface area contributed by atoms with E-state index in [4.69, 9.17) is 0 Å². The first kappa shape index (κ1) is 20.3. The Balaban J connectivity index is 1.62. The Bertz CT molecular complexity index is 735. The van der Waals surface area contributed by atoms with Gasteiger partial charge in [0.25, 0.3) is 5.91 Å². The quantitative estimate of drug-likeness (QED) is 0.820. The number of benzene rings is 1. The van der Waals surface area contributed by atoms with E-state index in [1.54, 1.807) is 28.6 Å². The van der Waals surface area contributed by atoms with E-state index < -0.39 is 10.0 Å². The van der Waals surface area contributed by atoms with E-state index in [0.29, 0.717) is 43.2 Å². The zero-order chi connectivity index (χ0) is 19.6. The van der Waals surface area contributed by atoms with Crippen molar-refractivity contribution >= 4 is 15.9 Å². The highest BCUT2D eigenvalue weighted by Gasteiger charge is 2.38. The second kappa shape index (κ2) is 8.29. The summed E-state index contributed by atoms with van der Waals surface area (Å²) in [6.45, 7) is 8.50. The highest BCUT2D eigenvalue weighted by atomic mass is 32.2. The Labute approximate surface area is 163 Å². The van der Waals surface area contributed by atoms with Gasteiger partial charge in [-0.15, -0.1) is 0 Å². The van der Waals surface area contributed by atoms with Gasteiger partial charge in [0, 0.05) is 12.1 Å². The average Bonchev–Trinajstić information content (AvgIpc) is 2.68. The van der Waals surface area contributed by atoms with Crippen LogP contribution < -0.4 is 4.90 Å². The lowest BCUT2D eigenvalue weighted by atomic mass is 9.96. The molecule has 1 amide bonds. The first-order valence-corrected chi connectivity index (χ1v) is 11.5. The lowest BCUT2D eigenvalue weighted by Crippen LogP contribution is -3.19. The second-order valence-corrected chi connectivity index (χ2v) is 9.91. The molecule has 6 nitrogen and oxygen atoms in total. The van der Waals surface area contributed by atoms with Crippen molar-refractivity contribution in [2.24, 2.45) is 0 Å². The van der Waals surface area contributed by atoms with Gasteiger partial charge in [-0.3, -0.25) is 4.79 Å². The molecule has 0 bridgehead atoms. The summed E-state index contributed by atoms with van der Waals surface area (Å²) < 4.78 is 27.1. The molecule has 1 N–H and O–H groups in total. The highest BCUT2D eigenvalue weighted by Crippen LogP contribution is 2.23. The van der Waals surface area contributed by atoms with Gasteiger partial charge in [-0.1, -0.05) is 18.2 Å². The molecule has 0 radical (unpaired) electrons. The van der Waals surface area contributed by atoms with Crippen LogP contribution in [0.3, 0.4) is 0 Å². The molecule has 7 heteroatoms. The Hall–Kier alpha value is -1.44. The zero-order valence-corrected chi connectivity index (χ0v) is 17.4. The van der Waals surface area contributed by atoms with Gasteiger partial charge < -0.3 is 9.80 Å². The van der Waals surface area contributed by atoms with Crippen molar-refractivity contribution in [3.63, 3.8) is 0 Å². The lowest BCUT2D eigenvalue weighted by Gasteiger charge is -2.42. The summed E-state index contributed by atoms with van der Waals surface area (Å²) in [5, 5.41) is 0. The molecule has 27 heavy (non-hydrogen) atoms. The molecule has 1 aromatic carbocycles. The molecule has 3 atom stereocenters. The minimum atomic E-state index is -3.44. The standard InChI is InChI=1S/C20H31N3O3S/c1-16-8-7-9-17(2)23(16)20(24)18(3)21-12-14-22(15-13-21)27(25,26)19-10-5-4-6-11-19/h4-6,10-11,16-18H,7-9,12-15H2,1-3H3/p+1/t16-,17-,18+/m0/s1. The maximum Gasteiger partial charge on any atom is 0.281 e. The molecular weight excluding hydrogens is 362 g/mol. The SMILES string of the molecule is C[C@H](C(=O)N1[C@@H](C)CCC[C@@H]1C)[NH+]1CCN(S(=O)(=O)c2ccccc2)CC1. The summed E-state index contributed by atoms with van der Waals surface area (Å²) >= 11 is 0. The Kier molecular flexibility index (Phi) is 6.23. The molecule has 2 aliphatic heterocycles. The predicted molar refractivity (Wildman–Crippen MR) is 105 cm³/mol. The van der Waals surface area contributed by atoms with Crippen LogP contribution in [-0.2, 0) is 14.8 Å². The third kappa shape index (κ3) is 4.20. The summed E-state index contributed by atoms with van der Waals surface area (Å²) in [6, 6.07) is 9.04. The fourth-order valence-electron chi connectivity index (χ4n) is 4.44. The third-order valence-electron chi connectivity index (χ3n) is 6.18. The van der Waals surface area contributed by atoms with Crippen LogP contribution in [0.1, 0.15) is 40.0 Å². The maximum absolute atomic E-state index is 13.1. The van der Waals surface area contributed by atoms with Crippen LogP contribution in [0.2, 0.25) is 0 Å². The molecule has 2 fully saturated rings. The van der Waals surface area contributed by atoms with Crippen molar-refractivity contribution in [2.75, 3.05) is 26.2 Å². The largest absolute Gasteiger partial charge is 0.332 e. The minimum absolute atomic E-state index is 0.130. The van der Waals surface area contributed by atoms with Crippen LogP contribution in [0, 0.1) is 0 Å². The third-order valence-corrected chi connectivity index (χ3v) is 8.09. The topological polar surface area (TPSA) is 62.1 Å². The average molecular weight is 395 g/mol. The second-order valence-electron chi connectivity index (χ2n) is 7.97. The number of carbonyl (C=O) groups is 1. The van der Waals surface area contributed by atoms with Crippen LogP contribution in [0.4, 0.5) is 0 Å². The number of nitrogens with zero attached hydrogens (tertiary/aromatic N) is 2. The fraction of sp³-hybridized carbons (Fsp3) is 0.650. The number of piperazine rings is 1. The van der Waals surface area contributed by atoms with Gasteiger partial charge in [0.05, 0.1) is 31.1 Å². The molecule has 150 valence electrons. The summed E-state index contributed by atoms with van der Waals surface area (Å²) in [6.07, 6.45) is 3.33. The van der Waals surface area contributed by atoms with Crippen molar-refractivity contribution in [3.05, 3.63) is 30.3 Å². The van der Waals surface area contributed by atoms with E-state index in [1.165, 1.54) is 11.3 Å². The number of nitrogens with one attached hydrogen (secondary N) is 1. The summed E-state index contributed by atoms with van der Waals surface area (Å²) in [7, 11) is -3.44. The Morgan fingerprint density at radius 3 is 2.19 bits per heavy atom. The van der Waals surface area contributed by atoms with Crippen LogP contribution in [-0.4, -0.2) is 67.8 Å². The van der Waals surface area contributed by atoms with Crippen molar-refractivity contribution in [1.29, 1.82) is 0 Å². The van der Waals surface area contributed by atoms with Gasteiger partial charge in [0.1, 0.15) is 0 Å². The molecule has 0 aromatic heterocycles. The van der Waals surface area contributed by atoms with Gasteiger partial charge in [0.15, 0.2) is 6.04 Å². The number of piperidine rings is 1. The smallest absolute Gasteiger partial charge is 0.281 e. The number of quaternary nitrogens is 1. The normalized spacial score (nSPS) is 26.7. The number of likely N-dealkylation sites (tertiary alicyclic amines) is 1. The van der Waals surface area contributed by atoms with Crippen molar-refractivity contribution in [2.45, 2.75) is 63.1 Å². The number of rotatable bonds is 4. The minimum Gasteiger partial charge on any atom is -0.332 e. The van der Waals surface area contributed by atoms with E-state index in [9.17, 15) is 13.2 Å². The van der Waals surface area contributed by atoms with E-state index in [1.807, 2.05) is 13.0 Å². The van der Waals surface area contributed by atoms with Crippen LogP contribution in [0.15, 0.2) is 35.2 Å². The van der Waals surface area contributed by atoms with Crippen LogP contribution in [0.25, 0.3) is 0 Å². The molecule has 1 aromatic rings. The van der Waals surface area contributed by atoms with Crippen molar-refractivity contribution in [1.82, 2.24) is 9.21 Å². The maximum atomic E-state index is 13.1. The first-order chi connectivity index (χ1) is 12.8. The number of hydrogen-bond acceptors (Lipinski definition) is 3. The molecule has 3 rings (SSSR count). The Morgan fingerprint density at radius 1 is 1.07 bits per heavy atom. The zero-order valence-electron chi connectivity index (χ0n) is 16.6. The van der Waals surface area contributed by atoms with Gasteiger partial charge in [0.2, 0.25) is 10.0 Å². The van der Waals surface area contributed by atoms with Crippen molar-refractivity contribution < 1.29 is 18.1 Å². The van der Waals surface area contributed by atoms with E-state index in [0.717, 1.165) is 12.8 Å². The first-order valence-electron chi connectivity index (χ1n) is 10.0. The number of sulfonamides is 1. The lowest BCUT2D eigenvalue weighted by molar-refractivity contribution is -0.918. The highest BCUT2D eigenvalue weighted by molar-refractivity contribution is 7.89. The van der Waals surface area contributed by atoms with Crippen LogP contribution >= 0.6 is 0 Å². The fourth-order valence-corrected chi connectivity index (χ4v) is 5.90. The predicted octanol–water partition coefficient (Wildman–Crippen LogP) is 0.754. The summed E-state index contributed by atoms with van der Waals surface area (Å²) in [5.74, 6) is 0.212.